The number of rotatable bonds is 17. The van der Waals surface area contributed by atoms with E-state index in [-0.39, 0.29) is 38.3 Å². The topological polar surface area (TPSA) is 134 Å². The van der Waals surface area contributed by atoms with E-state index < -0.39 is 47.5 Å². The molecule has 10 heteroatoms. The zero-order valence-electron chi connectivity index (χ0n) is 22.3. The molecule has 0 fully saturated rings. The van der Waals surface area contributed by atoms with E-state index in [9.17, 15) is 24.0 Å². The summed E-state index contributed by atoms with van der Waals surface area (Å²) in [4.78, 5) is 60.8. The highest BCUT2D eigenvalue weighted by molar-refractivity contribution is 5.84. The summed E-state index contributed by atoms with van der Waals surface area (Å²) < 4.78 is 21.1. The molecule has 0 aromatic rings. The van der Waals surface area contributed by atoms with Crippen molar-refractivity contribution in [3.8, 4) is 0 Å². The van der Waals surface area contributed by atoms with Crippen LogP contribution in [-0.4, -0.2) is 61.2 Å². The minimum absolute atomic E-state index is 0.140. The van der Waals surface area contributed by atoms with Crippen LogP contribution in [0, 0.1) is 5.41 Å². The SMILES string of the molecule is CCCNC(=O)[C@H](OC(=O)C[C@@H](C)OC(=O)CCC)C(C)(C)COC(=O)C[C@@H](C)OC(=O)CCC. The summed E-state index contributed by atoms with van der Waals surface area (Å²) >= 11 is 0. The van der Waals surface area contributed by atoms with Gasteiger partial charge in [-0.2, -0.15) is 0 Å². The highest BCUT2D eigenvalue weighted by Crippen LogP contribution is 2.26. The molecular formula is C25H43NO9. The predicted octanol–water partition coefficient (Wildman–Crippen LogP) is 3.24. The maximum atomic E-state index is 12.8. The maximum absolute atomic E-state index is 12.8. The van der Waals surface area contributed by atoms with Gasteiger partial charge in [0.15, 0.2) is 6.10 Å². The number of hydrogen-bond acceptors (Lipinski definition) is 9. The molecule has 1 N–H and O–H groups in total. The van der Waals surface area contributed by atoms with Gasteiger partial charge in [0.1, 0.15) is 18.8 Å². The summed E-state index contributed by atoms with van der Waals surface area (Å²) in [6.07, 6.45) is -0.496. The van der Waals surface area contributed by atoms with E-state index in [1.807, 2.05) is 20.8 Å². The Balaban J connectivity index is 5.10. The third-order valence-corrected chi connectivity index (χ3v) is 4.83. The second kappa shape index (κ2) is 16.9. The van der Waals surface area contributed by atoms with E-state index in [1.54, 1.807) is 27.7 Å². The van der Waals surface area contributed by atoms with E-state index >= 15 is 0 Å². The van der Waals surface area contributed by atoms with Gasteiger partial charge in [-0.3, -0.25) is 24.0 Å². The Morgan fingerprint density at radius 2 is 1.20 bits per heavy atom. The molecule has 0 saturated carbocycles. The van der Waals surface area contributed by atoms with Crippen LogP contribution in [0.5, 0.6) is 0 Å². The smallest absolute Gasteiger partial charge is 0.310 e. The van der Waals surface area contributed by atoms with Crippen LogP contribution in [0.15, 0.2) is 0 Å². The van der Waals surface area contributed by atoms with Crippen LogP contribution in [0.4, 0.5) is 0 Å². The van der Waals surface area contributed by atoms with Gasteiger partial charge in [-0.1, -0.05) is 34.6 Å². The molecule has 0 radical (unpaired) electrons. The van der Waals surface area contributed by atoms with Gasteiger partial charge in [-0.15, -0.1) is 0 Å². The lowest BCUT2D eigenvalue weighted by molar-refractivity contribution is -0.171. The van der Waals surface area contributed by atoms with Gasteiger partial charge in [0.2, 0.25) is 0 Å². The lowest BCUT2D eigenvalue weighted by Gasteiger charge is -2.32. The number of nitrogens with one attached hydrogen (secondary N) is 1. The molecule has 0 saturated heterocycles. The maximum Gasteiger partial charge on any atom is 0.310 e. The monoisotopic (exact) mass is 501 g/mol. The molecule has 0 aliphatic rings. The van der Waals surface area contributed by atoms with E-state index in [0.29, 0.717) is 25.8 Å². The van der Waals surface area contributed by atoms with Gasteiger partial charge in [0, 0.05) is 24.8 Å². The van der Waals surface area contributed by atoms with Crippen LogP contribution in [-0.2, 0) is 42.9 Å². The molecule has 10 nitrogen and oxygen atoms in total. The van der Waals surface area contributed by atoms with E-state index in [1.165, 1.54) is 0 Å². The minimum Gasteiger partial charge on any atom is -0.465 e. The quantitative estimate of drug-likeness (QED) is 0.235. The van der Waals surface area contributed by atoms with Crippen molar-refractivity contribution in [2.45, 2.75) is 112 Å². The fraction of sp³-hybridized carbons (Fsp3) is 0.800. The van der Waals surface area contributed by atoms with Crippen LogP contribution in [0.1, 0.15) is 93.4 Å². The van der Waals surface area contributed by atoms with Crippen molar-refractivity contribution in [3.05, 3.63) is 0 Å². The Bertz CT molecular complexity index is 705. The Morgan fingerprint density at radius 3 is 1.66 bits per heavy atom. The molecule has 0 aromatic heterocycles. The van der Waals surface area contributed by atoms with Crippen LogP contribution in [0.25, 0.3) is 0 Å². The molecule has 0 aromatic carbocycles. The molecule has 0 bridgehead atoms. The molecule has 0 heterocycles. The zero-order chi connectivity index (χ0) is 27.0. The Kier molecular flexibility index (Phi) is 15.6. The van der Waals surface area contributed by atoms with Gasteiger partial charge in [0.05, 0.1) is 12.8 Å². The summed E-state index contributed by atoms with van der Waals surface area (Å²) in [5, 5.41) is 2.70. The molecule has 0 aliphatic carbocycles. The molecule has 0 unspecified atom stereocenters. The lowest BCUT2D eigenvalue weighted by atomic mass is 9.86. The fourth-order valence-electron chi connectivity index (χ4n) is 3.02. The summed E-state index contributed by atoms with van der Waals surface area (Å²) in [7, 11) is 0. The average molecular weight is 502 g/mol. The van der Waals surface area contributed by atoms with Crippen LogP contribution in [0.3, 0.4) is 0 Å². The van der Waals surface area contributed by atoms with Crippen molar-refractivity contribution in [1.82, 2.24) is 5.32 Å². The van der Waals surface area contributed by atoms with Gasteiger partial charge in [-0.25, -0.2) is 0 Å². The first-order valence-electron chi connectivity index (χ1n) is 12.4. The van der Waals surface area contributed by atoms with Crippen molar-refractivity contribution in [1.29, 1.82) is 0 Å². The second-order valence-corrected chi connectivity index (χ2v) is 9.32. The Labute approximate surface area is 208 Å². The normalized spacial score (nSPS) is 13.7. The summed E-state index contributed by atoms with van der Waals surface area (Å²) in [5.74, 6) is -2.63. The lowest BCUT2D eigenvalue weighted by Crippen LogP contribution is -2.49. The zero-order valence-corrected chi connectivity index (χ0v) is 22.3. The first-order valence-corrected chi connectivity index (χ1v) is 12.4. The van der Waals surface area contributed by atoms with Gasteiger partial charge in [-0.05, 0) is 33.1 Å². The standard InChI is InChI=1S/C25H43NO9/c1-8-11-19(27)33-17(4)14-21(29)32-16-25(6,7)23(24(31)26-13-10-3)35-22(30)15-18(5)34-20(28)12-9-2/h17-18,23H,8-16H2,1-7H3,(H,26,31)/t17-,18-,23+/m1/s1. The van der Waals surface area contributed by atoms with Crippen molar-refractivity contribution >= 4 is 29.8 Å². The Hall–Kier alpha value is -2.65. The first-order chi connectivity index (χ1) is 16.4. The highest BCUT2D eigenvalue weighted by Gasteiger charge is 2.40. The summed E-state index contributed by atoms with van der Waals surface area (Å²) in [5.41, 5.74) is -1.06. The number of hydrogen-bond donors (Lipinski definition) is 1. The third kappa shape index (κ3) is 14.4. The molecule has 0 spiro atoms. The Morgan fingerprint density at radius 1 is 0.714 bits per heavy atom. The molecule has 0 aliphatic heterocycles. The molecule has 3 atom stereocenters. The average Bonchev–Trinajstić information content (AvgIpc) is 2.74. The number of ether oxygens (including phenoxy) is 4. The van der Waals surface area contributed by atoms with Crippen molar-refractivity contribution < 1.29 is 42.9 Å². The van der Waals surface area contributed by atoms with Crippen LogP contribution in [0.2, 0.25) is 0 Å². The molecule has 0 rings (SSSR count). The van der Waals surface area contributed by atoms with Gasteiger partial charge in [0.25, 0.3) is 5.91 Å². The van der Waals surface area contributed by atoms with Crippen LogP contribution < -0.4 is 5.32 Å². The number of esters is 4. The van der Waals surface area contributed by atoms with Gasteiger partial charge >= 0.3 is 23.9 Å². The molecular weight excluding hydrogens is 458 g/mol. The van der Waals surface area contributed by atoms with E-state index in [4.69, 9.17) is 18.9 Å². The number of carbonyl (C=O) groups is 5. The predicted molar refractivity (Wildman–Crippen MR) is 128 cm³/mol. The number of amides is 1. The van der Waals surface area contributed by atoms with Crippen molar-refractivity contribution in [3.63, 3.8) is 0 Å². The largest absolute Gasteiger partial charge is 0.465 e. The van der Waals surface area contributed by atoms with Crippen LogP contribution >= 0.6 is 0 Å². The number of carbonyl (C=O) groups excluding carboxylic acids is 5. The van der Waals surface area contributed by atoms with Crippen molar-refractivity contribution in [2.24, 2.45) is 5.41 Å². The third-order valence-electron chi connectivity index (χ3n) is 4.83. The van der Waals surface area contributed by atoms with E-state index in [2.05, 4.69) is 5.32 Å². The molecule has 202 valence electrons. The van der Waals surface area contributed by atoms with Gasteiger partial charge < -0.3 is 24.3 Å². The van der Waals surface area contributed by atoms with Crippen molar-refractivity contribution in [2.75, 3.05) is 13.2 Å². The minimum atomic E-state index is -1.24. The molecule has 1 amide bonds. The second-order valence-electron chi connectivity index (χ2n) is 9.32. The molecule has 35 heavy (non-hydrogen) atoms. The highest BCUT2D eigenvalue weighted by atomic mass is 16.6. The fourth-order valence-corrected chi connectivity index (χ4v) is 3.02. The summed E-state index contributed by atoms with van der Waals surface area (Å²) in [6, 6.07) is 0. The summed E-state index contributed by atoms with van der Waals surface area (Å²) in [6.45, 7) is 12.2. The van der Waals surface area contributed by atoms with E-state index in [0.717, 1.165) is 0 Å². The first kappa shape index (κ1) is 32.4.